The van der Waals surface area contributed by atoms with E-state index in [0.717, 1.165) is 17.1 Å². The Morgan fingerprint density at radius 3 is 2.94 bits per heavy atom. The van der Waals surface area contributed by atoms with Gasteiger partial charge in [-0.05, 0) is 24.0 Å². The van der Waals surface area contributed by atoms with Crippen molar-refractivity contribution in [2.45, 2.75) is 32.6 Å². The Bertz CT molecular complexity index is 538. The van der Waals surface area contributed by atoms with E-state index in [9.17, 15) is 4.39 Å². The first-order valence-corrected chi connectivity index (χ1v) is 7.24. The molecule has 0 aliphatic carbocycles. The van der Waals surface area contributed by atoms with Crippen molar-refractivity contribution in [3.63, 3.8) is 0 Å². The third-order valence-electron chi connectivity index (χ3n) is 3.06. The molecule has 2 aromatic rings. The normalized spacial score (nSPS) is 12.7. The summed E-state index contributed by atoms with van der Waals surface area (Å²) in [5.41, 5.74) is 1.70. The van der Waals surface area contributed by atoms with Crippen molar-refractivity contribution in [1.82, 2.24) is 4.98 Å². The van der Waals surface area contributed by atoms with Gasteiger partial charge < -0.3 is 0 Å². The Morgan fingerprint density at radius 2 is 2.22 bits per heavy atom. The van der Waals surface area contributed by atoms with Gasteiger partial charge in [0.1, 0.15) is 5.82 Å². The van der Waals surface area contributed by atoms with Gasteiger partial charge in [0, 0.05) is 11.8 Å². The molecule has 0 aliphatic rings. The van der Waals surface area contributed by atoms with Crippen LogP contribution in [-0.2, 0) is 6.42 Å². The maximum atomic E-state index is 13.8. The molecule has 18 heavy (non-hydrogen) atoms. The largest absolute Gasteiger partial charge is 0.246 e. The van der Waals surface area contributed by atoms with Crippen LogP contribution < -0.4 is 0 Å². The molecule has 1 nitrogen and oxygen atoms in total. The van der Waals surface area contributed by atoms with Gasteiger partial charge in [-0.15, -0.1) is 11.3 Å². The van der Waals surface area contributed by atoms with Gasteiger partial charge in [-0.1, -0.05) is 37.6 Å². The predicted octanol–water partition coefficient (Wildman–Crippen LogP) is 5.04. The van der Waals surface area contributed by atoms with E-state index in [-0.39, 0.29) is 10.8 Å². The zero-order valence-electron chi connectivity index (χ0n) is 10.4. The zero-order chi connectivity index (χ0) is 13.1. The SMILES string of the molecule is CCC(C)c1csc(Cc2cccc(Cl)c2F)n1. The summed E-state index contributed by atoms with van der Waals surface area (Å²) in [6, 6.07) is 5.09. The van der Waals surface area contributed by atoms with Gasteiger partial charge >= 0.3 is 0 Å². The van der Waals surface area contributed by atoms with Crippen molar-refractivity contribution >= 4 is 22.9 Å². The highest BCUT2D eigenvalue weighted by atomic mass is 35.5. The Balaban J connectivity index is 2.19. The Morgan fingerprint density at radius 1 is 1.44 bits per heavy atom. The molecule has 1 unspecified atom stereocenters. The van der Waals surface area contributed by atoms with E-state index in [1.54, 1.807) is 29.5 Å². The minimum Gasteiger partial charge on any atom is -0.246 e. The fourth-order valence-electron chi connectivity index (χ4n) is 1.69. The summed E-state index contributed by atoms with van der Waals surface area (Å²) in [7, 11) is 0. The van der Waals surface area contributed by atoms with Gasteiger partial charge in [-0.25, -0.2) is 9.37 Å². The Hall–Kier alpha value is -0.930. The highest BCUT2D eigenvalue weighted by Gasteiger charge is 2.11. The quantitative estimate of drug-likeness (QED) is 0.766. The predicted molar refractivity (Wildman–Crippen MR) is 75.0 cm³/mol. The van der Waals surface area contributed by atoms with Crippen LogP contribution in [0.1, 0.15) is 42.5 Å². The lowest BCUT2D eigenvalue weighted by Crippen LogP contribution is -1.95. The minimum absolute atomic E-state index is 0.172. The summed E-state index contributed by atoms with van der Waals surface area (Å²) in [5.74, 6) is 0.124. The number of thiazole rings is 1. The van der Waals surface area contributed by atoms with E-state index in [0.29, 0.717) is 17.9 Å². The lowest BCUT2D eigenvalue weighted by molar-refractivity contribution is 0.614. The Labute approximate surface area is 116 Å². The lowest BCUT2D eigenvalue weighted by Gasteiger charge is -2.03. The van der Waals surface area contributed by atoms with Crippen molar-refractivity contribution in [2.75, 3.05) is 0 Å². The first-order chi connectivity index (χ1) is 8.61. The minimum atomic E-state index is -0.334. The van der Waals surface area contributed by atoms with Crippen molar-refractivity contribution in [2.24, 2.45) is 0 Å². The highest BCUT2D eigenvalue weighted by Crippen LogP contribution is 2.25. The number of rotatable bonds is 4. The van der Waals surface area contributed by atoms with Crippen LogP contribution in [0, 0.1) is 5.82 Å². The second-order valence-corrected chi connectivity index (χ2v) is 5.71. The third-order valence-corrected chi connectivity index (χ3v) is 4.22. The number of hydrogen-bond acceptors (Lipinski definition) is 2. The summed E-state index contributed by atoms with van der Waals surface area (Å²) in [6.45, 7) is 4.29. The molecule has 0 saturated carbocycles. The van der Waals surface area contributed by atoms with Gasteiger partial charge in [0.05, 0.1) is 15.7 Å². The fourth-order valence-corrected chi connectivity index (χ4v) is 2.82. The van der Waals surface area contributed by atoms with Crippen molar-refractivity contribution in [3.05, 3.63) is 50.7 Å². The molecular weight excluding hydrogens is 269 g/mol. The number of hydrogen-bond donors (Lipinski definition) is 0. The van der Waals surface area contributed by atoms with Gasteiger partial charge in [0.2, 0.25) is 0 Å². The molecule has 2 rings (SSSR count). The molecule has 0 spiro atoms. The first-order valence-electron chi connectivity index (χ1n) is 5.99. The average Bonchev–Trinajstić information content (AvgIpc) is 2.82. The summed E-state index contributed by atoms with van der Waals surface area (Å²) in [5, 5.41) is 3.17. The molecule has 0 bridgehead atoms. The van der Waals surface area contributed by atoms with E-state index < -0.39 is 0 Å². The smallest absolute Gasteiger partial charge is 0.145 e. The third kappa shape index (κ3) is 2.90. The molecule has 0 fully saturated rings. The van der Waals surface area contributed by atoms with Crippen LogP contribution in [0.4, 0.5) is 4.39 Å². The van der Waals surface area contributed by atoms with Gasteiger partial charge in [-0.3, -0.25) is 0 Å². The maximum Gasteiger partial charge on any atom is 0.145 e. The number of aromatic nitrogens is 1. The molecule has 0 aliphatic heterocycles. The number of benzene rings is 1. The van der Waals surface area contributed by atoms with E-state index in [1.807, 2.05) is 0 Å². The van der Waals surface area contributed by atoms with Crippen LogP contribution in [0.5, 0.6) is 0 Å². The van der Waals surface area contributed by atoms with Crippen molar-refractivity contribution < 1.29 is 4.39 Å². The van der Waals surface area contributed by atoms with E-state index in [4.69, 9.17) is 11.6 Å². The van der Waals surface area contributed by atoms with Crippen LogP contribution in [0.25, 0.3) is 0 Å². The summed E-state index contributed by atoms with van der Waals surface area (Å²) in [6.07, 6.45) is 1.57. The summed E-state index contributed by atoms with van der Waals surface area (Å²) >= 11 is 7.35. The number of nitrogens with zero attached hydrogens (tertiary/aromatic N) is 1. The second-order valence-electron chi connectivity index (χ2n) is 4.37. The Kier molecular flexibility index (Phi) is 4.36. The van der Waals surface area contributed by atoms with Crippen molar-refractivity contribution in [3.8, 4) is 0 Å². The molecule has 0 amide bonds. The van der Waals surface area contributed by atoms with Gasteiger partial charge in [0.25, 0.3) is 0 Å². The molecule has 0 N–H and O–H groups in total. The lowest BCUT2D eigenvalue weighted by atomic mass is 10.1. The first kappa shape index (κ1) is 13.5. The molecule has 1 aromatic carbocycles. The molecule has 1 heterocycles. The molecule has 1 aromatic heterocycles. The van der Waals surface area contributed by atoms with Gasteiger partial charge in [-0.2, -0.15) is 0 Å². The van der Waals surface area contributed by atoms with Crippen LogP contribution in [0.2, 0.25) is 5.02 Å². The molecular formula is C14H15ClFNS. The van der Waals surface area contributed by atoms with Crippen LogP contribution in [0.3, 0.4) is 0 Å². The van der Waals surface area contributed by atoms with E-state index >= 15 is 0 Å². The monoisotopic (exact) mass is 283 g/mol. The van der Waals surface area contributed by atoms with Crippen LogP contribution in [-0.4, -0.2) is 4.98 Å². The zero-order valence-corrected chi connectivity index (χ0v) is 12.0. The summed E-state index contributed by atoms with van der Waals surface area (Å²) < 4.78 is 13.8. The average molecular weight is 284 g/mol. The summed E-state index contributed by atoms with van der Waals surface area (Å²) in [4.78, 5) is 4.56. The molecule has 4 heteroatoms. The van der Waals surface area contributed by atoms with Gasteiger partial charge in [0.15, 0.2) is 0 Å². The topological polar surface area (TPSA) is 12.9 Å². The molecule has 96 valence electrons. The number of halogens is 2. The van der Waals surface area contributed by atoms with Crippen LogP contribution >= 0.6 is 22.9 Å². The fraction of sp³-hybridized carbons (Fsp3) is 0.357. The standard InChI is InChI=1S/C14H15ClFNS/c1-3-9(2)12-8-18-13(17-12)7-10-5-4-6-11(15)14(10)16/h4-6,8-9H,3,7H2,1-2H3. The highest BCUT2D eigenvalue weighted by molar-refractivity contribution is 7.09. The van der Waals surface area contributed by atoms with E-state index in [2.05, 4.69) is 24.2 Å². The molecule has 0 radical (unpaired) electrons. The van der Waals surface area contributed by atoms with Crippen LogP contribution in [0.15, 0.2) is 23.6 Å². The maximum absolute atomic E-state index is 13.8. The molecule has 0 saturated heterocycles. The van der Waals surface area contributed by atoms with E-state index in [1.165, 1.54) is 0 Å². The van der Waals surface area contributed by atoms with Crippen molar-refractivity contribution in [1.29, 1.82) is 0 Å². The molecule has 1 atom stereocenters. The second kappa shape index (κ2) is 5.81.